The van der Waals surface area contributed by atoms with E-state index in [1.165, 1.54) is 0 Å². The lowest BCUT2D eigenvalue weighted by Crippen LogP contribution is -2.55. The van der Waals surface area contributed by atoms with Gasteiger partial charge in [0, 0.05) is 56.7 Å². The monoisotopic (exact) mass is 551 g/mol. The second-order valence-electron chi connectivity index (χ2n) is 10.9. The summed E-state index contributed by atoms with van der Waals surface area (Å²) in [5.41, 5.74) is 3.30. The van der Waals surface area contributed by atoms with Gasteiger partial charge in [0.15, 0.2) is 0 Å². The molecule has 1 atom stereocenters. The highest BCUT2D eigenvalue weighted by atomic mass is 16.5. The molecule has 2 amide bonds. The lowest BCUT2D eigenvalue weighted by molar-refractivity contribution is -0.119. The molecule has 1 aromatic heterocycles. The first kappa shape index (κ1) is 31.4. The van der Waals surface area contributed by atoms with Crippen molar-refractivity contribution < 1.29 is 14.3 Å². The summed E-state index contributed by atoms with van der Waals surface area (Å²) in [5.74, 6) is 1.37. The van der Waals surface area contributed by atoms with Crippen molar-refractivity contribution in [1.82, 2.24) is 9.88 Å². The molecule has 0 aliphatic carbocycles. The highest BCUT2D eigenvalue weighted by molar-refractivity contribution is 6.05. The molecule has 8 nitrogen and oxygen atoms in total. The van der Waals surface area contributed by atoms with Gasteiger partial charge < -0.3 is 24.8 Å². The summed E-state index contributed by atoms with van der Waals surface area (Å²) in [6.45, 7) is 15.5. The number of rotatable bonds is 10. The van der Waals surface area contributed by atoms with E-state index < -0.39 is 0 Å². The highest BCUT2D eigenvalue weighted by Gasteiger charge is 2.38. The lowest BCUT2D eigenvalue weighted by Gasteiger charge is -2.45. The molecule has 3 heterocycles. The minimum atomic E-state index is -0.258. The number of hydrogen-bond donors (Lipinski definition) is 1. The number of anilines is 4. The number of amides is 2. The summed E-state index contributed by atoms with van der Waals surface area (Å²) in [4.78, 5) is 37.0. The van der Waals surface area contributed by atoms with Crippen molar-refractivity contribution in [3.8, 4) is 0 Å². The number of ether oxygens (including phenoxy) is 1. The molecular weight excluding hydrogens is 502 g/mol. The molecule has 0 saturated carbocycles. The first-order valence-corrected chi connectivity index (χ1v) is 15.1. The van der Waals surface area contributed by atoms with Crippen LogP contribution in [0.25, 0.3) is 0 Å². The first-order chi connectivity index (χ1) is 19.3. The zero-order chi connectivity index (χ0) is 29.2. The standard InChI is InChI=1S/C30H43N5O3.C2H6/c1-6-7-14-34(15-11-21(2)3)30(37)23-9-8-10-24(18-23)32-28-19-26-27(20-31-28)33(5)29(36)22(4)35(26)25-12-16-38-17-13-25;1-2/h8-10,18-22,25H,6-7,11-17H2,1-5H3,(H,31,32);1-2H3. The Morgan fingerprint density at radius 3 is 2.55 bits per heavy atom. The maximum Gasteiger partial charge on any atom is 0.253 e. The molecule has 0 bridgehead atoms. The second-order valence-corrected chi connectivity index (χ2v) is 10.9. The predicted octanol–water partition coefficient (Wildman–Crippen LogP) is 6.49. The van der Waals surface area contributed by atoms with Crippen molar-refractivity contribution in [3.05, 3.63) is 42.1 Å². The highest BCUT2D eigenvalue weighted by Crippen LogP contribution is 2.39. The smallest absolute Gasteiger partial charge is 0.253 e. The molecule has 1 saturated heterocycles. The van der Waals surface area contributed by atoms with Crippen LogP contribution in [0.4, 0.5) is 22.9 Å². The van der Waals surface area contributed by atoms with Gasteiger partial charge in [0.05, 0.1) is 17.6 Å². The lowest BCUT2D eigenvalue weighted by atomic mass is 10.00. The number of carbonyl (C=O) groups excluding carboxylic acids is 2. The second kappa shape index (κ2) is 15.0. The van der Waals surface area contributed by atoms with E-state index >= 15 is 0 Å². The summed E-state index contributed by atoms with van der Waals surface area (Å²) >= 11 is 0. The largest absolute Gasteiger partial charge is 0.381 e. The maximum atomic E-state index is 13.4. The number of nitrogens with zero attached hydrogens (tertiary/aromatic N) is 4. The zero-order valence-electron chi connectivity index (χ0n) is 25.6. The molecule has 1 N–H and O–H groups in total. The first-order valence-electron chi connectivity index (χ1n) is 15.1. The number of unbranched alkanes of at least 4 members (excludes halogenated alkanes) is 1. The molecule has 1 aromatic carbocycles. The third-order valence-electron chi connectivity index (χ3n) is 7.62. The SMILES string of the molecule is CC.CCCCN(CCC(C)C)C(=O)c1cccc(Nc2cc3c(cn2)N(C)C(=O)C(C)N3C2CCOCC2)c1. The molecule has 2 aliphatic rings. The normalized spacial score (nSPS) is 17.3. The number of nitrogens with one attached hydrogen (secondary N) is 1. The fourth-order valence-electron chi connectivity index (χ4n) is 5.31. The van der Waals surface area contributed by atoms with Crippen LogP contribution in [0.15, 0.2) is 36.5 Å². The van der Waals surface area contributed by atoms with Gasteiger partial charge in [0.25, 0.3) is 5.91 Å². The Morgan fingerprint density at radius 2 is 1.88 bits per heavy atom. The number of fused-ring (bicyclic) bond motifs is 1. The van der Waals surface area contributed by atoms with Crippen molar-refractivity contribution in [1.29, 1.82) is 0 Å². The van der Waals surface area contributed by atoms with Gasteiger partial charge in [0.2, 0.25) is 5.91 Å². The summed E-state index contributed by atoms with van der Waals surface area (Å²) in [5, 5.41) is 3.41. The fraction of sp³-hybridized carbons (Fsp3) is 0.594. The fourth-order valence-corrected chi connectivity index (χ4v) is 5.31. The molecule has 0 radical (unpaired) electrons. The van der Waals surface area contributed by atoms with Crippen molar-refractivity contribution >= 4 is 34.7 Å². The Bertz CT molecular complexity index is 1120. The molecule has 8 heteroatoms. The molecule has 2 aromatic rings. The van der Waals surface area contributed by atoms with E-state index in [0.717, 1.165) is 62.3 Å². The van der Waals surface area contributed by atoms with Crippen LogP contribution in [0.2, 0.25) is 0 Å². The summed E-state index contributed by atoms with van der Waals surface area (Å²) in [7, 11) is 1.81. The van der Waals surface area contributed by atoms with Crippen LogP contribution in [0.3, 0.4) is 0 Å². The van der Waals surface area contributed by atoms with E-state index in [9.17, 15) is 9.59 Å². The Kier molecular flexibility index (Phi) is 11.8. The van der Waals surface area contributed by atoms with Gasteiger partial charge in [-0.1, -0.05) is 47.1 Å². The van der Waals surface area contributed by atoms with Crippen molar-refractivity contribution in [3.63, 3.8) is 0 Å². The maximum absolute atomic E-state index is 13.4. The van der Waals surface area contributed by atoms with Crippen LogP contribution in [0, 0.1) is 5.92 Å². The molecule has 1 fully saturated rings. The minimum Gasteiger partial charge on any atom is -0.381 e. The summed E-state index contributed by atoms with van der Waals surface area (Å²) in [6, 6.07) is 9.67. The van der Waals surface area contributed by atoms with Crippen LogP contribution in [0.1, 0.15) is 84.0 Å². The summed E-state index contributed by atoms with van der Waals surface area (Å²) in [6.07, 6.45) is 6.59. The predicted molar refractivity (Wildman–Crippen MR) is 165 cm³/mol. The Labute approximate surface area is 241 Å². The van der Waals surface area contributed by atoms with Crippen LogP contribution >= 0.6 is 0 Å². The van der Waals surface area contributed by atoms with Gasteiger partial charge in [-0.3, -0.25) is 9.59 Å². The molecule has 2 aliphatic heterocycles. The number of likely N-dealkylation sites (N-methyl/N-ethyl adjacent to an activating group) is 1. The van der Waals surface area contributed by atoms with E-state index in [2.05, 4.69) is 36.0 Å². The zero-order valence-corrected chi connectivity index (χ0v) is 25.6. The van der Waals surface area contributed by atoms with E-state index in [0.29, 0.717) is 30.5 Å². The number of hydrogen-bond acceptors (Lipinski definition) is 6. The number of benzene rings is 1. The molecule has 4 rings (SSSR count). The van der Waals surface area contributed by atoms with Crippen LogP contribution in [0.5, 0.6) is 0 Å². The van der Waals surface area contributed by atoms with E-state index in [1.54, 1.807) is 11.1 Å². The van der Waals surface area contributed by atoms with Gasteiger partial charge in [-0.05, 0) is 56.7 Å². The van der Waals surface area contributed by atoms with Crippen molar-refractivity contribution in [2.45, 2.75) is 85.7 Å². The van der Waals surface area contributed by atoms with E-state index in [4.69, 9.17) is 4.74 Å². The molecular formula is C32H49N5O3. The van der Waals surface area contributed by atoms with Crippen LogP contribution < -0.4 is 15.1 Å². The Morgan fingerprint density at radius 1 is 1.15 bits per heavy atom. The van der Waals surface area contributed by atoms with E-state index in [-0.39, 0.29) is 23.9 Å². The van der Waals surface area contributed by atoms with Gasteiger partial charge in [-0.2, -0.15) is 0 Å². The van der Waals surface area contributed by atoms with Crippen molar-refractivity contribution in [2.75, 3.05) is 48.5 Å². The number of pyridine rings is 1. The van der Waals surface area contributed by atoms with E-state index in [1.807, 2.05) is 63.1 Å². The molecule has 0 spiro atoms. The average molecular weight is 552 g/mol. The third-order valence-corrected chi connectivity index (χ3v) is 7.62. The average Bonchev–Trinajstić information content (AvgIpc) is 2.97. The van der Waals surface area contributed by atoms with Crippen LogP contribution in [-0.4, -0.2) is 67.1 Å². The molecule has 220 valence electrons. The Hall–Kier alpha value is -3.13. The number of aromatic nitrogens is 1. The third kappa shape index (κ3) is 7.53. The van der Waals surface area contributed by atoms with Gasteiger partial charge in [-0.15, -0.1) is 0 Å². The molecule has 40 heavy (non-hydrogen) atoms. The quantitative estimate of drug-likeness (QED) is 0.364. The van der Waals surface area contributed by atoms with Crippen molar-refractivity contribution in [2.24, 2.45) is 5.92 Å². The van der Waals surface area contributed by atoms with Crippen LogP contribution in [-0.2, 0) is 9.53 Å². The van der Waals surface area contributed by atoms with Gasteiger partial charge in [0.1, 0.15) is 11.9 Å². The van der Waals surface area contributed by atoms with Gasteiger partial charge in [-0.25, -0.2) is 4.98 Å². The molecule has 1 unspecified atom stereocenters. The number of carbonyl (C=O) groups is 2. The van der Waals surface area contributed by atoms with Gasteiger partial charge >= 0.3 is 0 Å². The Balaban J connectivity index is 0.00000216. The topological polar surface area (TPSA) is 78.0 Å². The minimum absolute atomic E-state index is 0.0702. The summed E-state index contributed by atoms with van der Waals surface area (Å²) < 4.78 is 5.58.